The number of hydrogen-bond acceptors (Lipinski definition) is 2. The summed E-state index contributed by atoms with van der Waals surface area (Å²) >= 11 is 0. The predicted octanol–water partition coefficient (Wildman–Crippen LogP) is 9.10. The second kappa shape index (κ2) is 9.67. The highest BCUT2D eigenvalue weighted by Gasteiger charge is 2.35. The zero-order valence-electron chi connectivity index (χ0n) is 25.3. The van der Waals surface area contributed by atoms with Gasteiger partial charge in [-0.3, -0.25) is 4.99 Å². The maximum Gasteiger partial charge on any atom is 0.0708 e. The second-order valence-electron chi connectivity index (χ2n) is 12.5. The predicted molar refractivity (Wildman–Crippen MR) is 190 cm³/mol. The summed E-state index contributed by atoms with van der Waals surface area (Å²) in [5.74, 6) is 0. The van der Waals surface area contributed by atoms with E-state index >= 15 is 0 Å². The van der Waals surface area contributed by atoms with Crippen LogP contribution in [0, 0.1) is 0 Å². The number of hydrogen-bond donors (Lipinski definition) is 1. The normalized spacial score (nSPS) is 14.4. The maximum atomic E-state index is 4.88. The molecule has 1 aromatic heterocycles. The van der Waals surface area contributed by atoms with Crippen LogP contribution in [0.1, 0.15) is 25.0 Å². The van der Waals surface area contributed by atoms with Crippen molar-refractivity contribution in [2.45, 2.75) is 19.3 Å². The molecule has 2 aliphatic rings. The summed E-state index contributed by atoms with van der Waals surface area (Å²) in [6.07, 6.45) is 6.33. The van der Waals surface area contributed by atoms with Gasteiger partial charge in [-0.15, -0.1) is 0 Å². The Morgan fingerprint density at radius 1 is 0.644 bits per heavy atom. The minimum atomic E-state index is -0.0534. The first-order valence-electron chi connectivity index (χ1n) is 15.6. The van der Waals surface area contributed by atoms with Gasteiger partial charge < -0.3 is 9.88 Å². The second-order valence-corrected chi connectivity index (χ2v) is 12.5. The Labute approximate surface area is 262 Å². The summed E-state index contributed by atoms with van der Waals surface area (Å²) in [6, 6.07) is 45.8. The highest BCUT2D eigenvalue weighted by atomic mass is 15.0. The van der Waals surface area contributed by atoms with Crippen molar-refractivity contribution in [3.05, 3.63) is 149 Å². The van der Waals surface area contributed by atoms with Gasteiger partial charge in [0.1, 0.15) is 0 Å². The van der Waals surface area contributed by atoms with E-state index in [1.54, 1.807) is 0 Å². The van der Waals surface area contributed by atoms with Crippen LogP contribution >= 0.6 is 0 Å². The van der Waals surface area contributed by atoms with E-state index in [-0.39, 0.29) is 5.41 Å². The molecule has 0 saturated heterocycles. The molecule has 0 amide bonds. The number of nitrogens with one attached hydrogen (secondary N) is 1. The van der Waals surface area contributed by atoms with Crippen LogP contribution in [0.2, 0.25) is 0 Å². The number of para-hydroxylation sites is 3. The molecule has 1 aliphatic heterocycles. The maximum absolute atomic E-state index is 4.88. The van der Waals surface area contributed by atoms with E-state index in [4.69, 9.17) is 4.99 Å². The van der Waals surface area contributed by atoms with Crippen molar-refractivity contribution >= 4 is 51.7 Å². The van der Waals surface area contributed by atoms with Crippen molar-refractivity contribution < 1.29 is 0 Å². The Hall–Kier alpha value is -5.67. The summed E-state index contributed by atoms with van der Waals surface area (Å²) < 4.78 is 2.39. The van der Waals surface area contributed by atoms with E-state index in [1.165, 1.54) is 44.1 Å². The Morgan fingerprint density at radius 3 is 2.27 bits per heavy atom. The van der Waals surface area contributed by atoms with Crippen LogP contribution in [0.4, 0.5) is 11.4 Å². The molecule has 0 atom stereocenters. The van der Waals surface area contributed by atoms with Gasteiger partial charge in [0, 0.05) is 50.8 Å². The van der Waals surface area contributed by atoms with Crippen molar-refractivity contribution in [1.29, 1.82) is 0 Å². The Kier molecular flexibility index (Phi) is 5.54. The van der Waals surface area contributed by atoms with Crippen LogP contribution in [0.25, 0.3) is 62.0 Å². The van der Waals surface area contributed by atoms with E-state index in [2.05, 4.69) is 163 Å². The number of anilines is 1. The molecule has 3 nitrogen and oxygen atoms in total. The van der Waals surface area contributed by atoms with Gasteiger partial charge in [-0.2, -0.15) is 0 Å². The molecule has 0 radical (unpaired) electrons. The molecule has 1 aliphatic carbocycles. The molecule has 0 spiro atoms. The molecule has 1 N–H and O–H groups in total. The molecule has 45 heavy (non-hydrogen) atoms. The highest BCUT2D eigenvalue weighted by molar-refractivity contribution is 6.13. The SMILES string of the molecule is CC1(C)c2ccccc2-c2ccc(N/C=c3\c4cc5c(c3=CC=Nc3ccccc3-4)c3ccccc3n5-c3ccccc3)cc21. The fraction of sp³-hybridized carbons (Fsp3) is 0.0714. The fourth-order valence-corrected chi connectivity index (χ4v) is 7.54. The number of aliphatic imine (C=N–C) groups is 1. The first-order valence-corrected chi connectivity index (χ1v) is 15.6. The summed E-state index contributed by atoms with van der Waals surface area (Å²) in [4.78, 5) is 4.88. The molecule has 6 aromatic carbocycles. The lowest BCUT2D eigenvalue weighted by atomic mass is 9.82. The lowest BCUT2D eigenvalue weighted by molar-refractivity contribution is 0.660. The molecule has 0 fully saturated rings. The average Bonchev–Trinajstić information content (AvgIpc) is 3.52. The quantitative estimate of drug-likeness (QED) is 0.223. The zero-order chi connectivity index (χ0) is 30.1. The molecule has 214 valence electrons. The average molecular weight is 578 g/mol. The van der Waals surface area contributed by atoms with Crippen molar-refractivity contribution in [3.63, 3.8) is 0 Å². The molecule has 7 aromatic rings. The minimum absolute atomic E-state index is 0.0534. The van der Waals surface area contributed by atoms with Gasteiger partial charge in [-0.25, -0.2) is 0 Å². The van der Waals surface area contributed by atoms with Crippen molar-refractivity contribution in [2.24, 2.45) is 4.99 Å². The minimum Gasteiger partial charge on any atom is -0.361 e. The lowest BCUT2D eigenvalue weighted by Crippen LogP contribution is -2.30. The van der Waals surface area contributed by atoms with Crippen LogP contribution in [0.3, 0.4) is 0 Å². The van der Waals surface area contributed by atoms with Crippen molar-refractivity contribution in [2.75, 3.05) is 5.32 Å². The fourth-order valence-electron chi connectivity index (χ4n) is 7.54. The molecule has 0 unspecified atom stereocenters. The van der Waals surface area contributed by atoms with E-state index < -0.39 is 0 Å². The topological polar surface area (TPSA) is 29.3 Å². The molecule has 2 heterocycles. The summed E-state index contributed by atoms with van der Waals surface area (Å²) in [7, 11) is 0. The Morgan fingerprint density at radius 2 is 1.38 bits per heavy atom. The third kappa shape index (κ3) is 3.80. The molecular weight excluding hydrogens is 546 g/mol. The number of aromatic nitrogens is 1. The first kappa shape index (κ1) is 25.8. The summed E-state index contributed by atoms with van der Waals surface area (Å²) in [5, 5.41) is 8.50. The van der Waals surface area contributed by atoms with E-state index in [9.17, 15) is 0 Å². The molecule has 9 rings (SSSR count). The number of rotatable bonds is 3. The van der Waals surface area contributed by atoms with Crippen molar-refractivity contribution in [3.8, 4) is 27.9 Å². The van der Waals surface area contributed by atoms with Crippen LogP contribution in [-0.2, 0) is 5.41 Å². The van der Waals surface area contributed by atoms with E-state index in [0.717, 1.165) is 38.6 Å². The van der Waals surface area contributed by atoms with Crippen LogP contribution in [-0.4, -0.2) is 10.8 Å². The smallest absolute Gasteiger partial charge is 0.0708 e. The van der Waals surface area contributed by atoms with E-state index in [1.807, 2.05) is 6.21 Å². The Balaban J connectivity index is 1.32. The molecule has 0 saturated carbocycles. The van der Waals surface area contributed by atoms with Gasteiger partial charge in [0.15, 0.2) is 0 Å². The van der Waals surface area contributed by atoms with Gasteiger partial charge in [0.25, 0.3) is 0 Å². The van der Waals surface area contributed by atoms with Crippen LogP contribution < -0.4 is 15.8 Å². The van der Waals surface area contributed by atoms with Gasteiger partial charge in [-0.05, 0) is 81.6 Å². The van der Waals surface area contributed by atoms with Gasteiger partial charge in [0.05, 0.1) is 16.7 Å². The molecule has 3 heteroatoms. The number of fused-ring (bicyclic) bond motifs is 11. The monoisotopic (exact) mass is 577 g/mol. The van der Waals surface area contributed by atoms with Crippen LogP contribution in [0.15, 0.2) is 132 Å². The van der Waals surface area contributed by atoms with E-state index in [0.29, 0.717) is 0 Å². The zero-order valence-corrected chi connectivity index (χ0v) is 25.3. The summed E-state index contributed by atoms with van der Waals surface area (Å²) in [6.45, 7) is 4.66. The van der Waals surface area contributed by atoms with Gasteiger partial charge in [-0.1, -0.05) is 98.8 Å². The highest BCUT2D eigenvalue weighted by Crippen LogP contribution is 2.49. The van der Waals surface area contributed by atoms with Crippen LogP contribution in [0.5, 0.6) is 0 Å². The third-order valence-corrected chi connectivity index (χ3v) is 9.67. The largest absolute Gasteiger partial charge is 0.361 e. The molecular formula is C42H31N3. The van der Waals surface area contributed by atoms with Gasteiger partial charge >= 0.3 is 0 Å². The molecule has 2 bridgehead atoms. The van der Waals surface area contributed by atoms with Gasteiger partial charge in [0.2, 0.25) is 0 Å². The lowest BCUT2D eigenvalue weighted by Gasteiger charge is -2.21. The Bertz CT molecular complexity index is 2480. The number of nitrogens with zero attached hydrogens (tertiary/aromatic N) is 2. The summed E-state index contributed by atoms with van der Waals surface area (Å²) in [5.41, 5.74) is 13.2. The number of benzene rings is 6. The standard InChI is InChI=1S/C42H31N3/c1-42(2)36-17-9-6-14-29(36)30-21-20-27(24-37(30)42)44-26-35-32-22-23-43-38-18-10-7-15-31(38)34(35)25-40-41(32)33-16-8-11-19-39(33)45(40)28-12-4-3-5-13-28/h3-26,44H,1-2H3/b23-22?,32-22?,34-31?,35-26-,43-23?,43-38?. The first-order chi connectivity index (χ1) is 22.1. The third-order valence-electron chi connectivity index (χ3n) is 9.67. The van der Waals surface area contributed by atoms with Crippen molar-refractivity contribution in [1.82, 2.24) is 4.57 Å².